The molecule has 2 aromatic rings. The van der Waals surface area contributed by atoms with E-state index in [1.807, 2.05) is 50.2 Å². The molecule has 226 valence electrons. The van der Waals surface area contributed by atoms with Gasteiger partial charge in [-0.05, 0) is 37.3 Å². The molecule has 1 heterocycles. The summed E-state index contributed by atoms with van der Waals surface area (Å²) in [7, 11) is 1.66. The second kappa shape index (κ2) is 15.4. The van der Waals surface area contributed by atoms with Crippen molar-refractivity contribution in [3.63, 3.8) is 0 Å². The second-order valence-corrected chi connectivity index (χ2v) is 11.9. The van der Waals surface area contributed by atoms with Crippen molar-refractivity contribution >= 4 is 41.4 Å². The Bertz CT molecular complexity index is 1240. The van der Waals surface area contributed by atoms with Gasteiger partial charge in [-0.3, -0.25) is 14.4 Å². The smallest absolute Gasteiger partial charge is 0.375 e. The highest BCUT2D eigenvalue weighted by atomic mass is 32.2. The fourth-order valence-corrected chi connectivity index (χ4v) is 5.57. The fourth-order valence-electron chi connectivity index (χ4n) is 4.48. The van der Waals surface area contributed by atoms with Gasteiger partial charge in [0.15, 0.2) is 0 Å². The summed E-state index contributed by atoms with van der Waals surface area (Å²) in [5.74, 6) is -3.88. The number of amides is 4. The summed E-state index contributed by atoms with van der Waals surface area (Å²) in [6.07, 6.45) is -1.23. The first kappa shape index (κ1) is 32.7. The summed E-state index contributed by atoms with van der Waals surface area (Å²) in [5.41, 5.74) is 1.66. The van der Waals surface area contributed by atoms with Crippen molar-refractivity contribution in [2.24, 2.45) is 11.8 Å². The number of benzene rings is 2. The number of esters is 1. The molecule has 0 aliphatic carbocycles. The quantitative estimate of drug-likeness (QED) is 0.219. The molecular weight excluding hydrogens is 556 g/mol. The van der Waals surface area contributed by atoms with Crippen molar-refractivity contribution in [1.29, 1.82) is 0 Å². The number of ether oxygens (including phenoxy) is 1. The van der Waals surface area contributed by atoms with Crippen molar-refractivity contribution in [2.45, 2.75) is 59.0 Å². The molecule has 1 fully saturated rings. The van der Waals surface area contributed by atoms with Crippen LogP contribution in [-0.4, -0.2) is 76.4 Å². The molecule has 2 N–H and O–H groups in total. The van der Waals surface area contributed by atoms with Crippen LogP contribution in [-0.2, 0) is 36.9 Å². The Morgan fingerprint density at radius 3 is 2.12 bits per heavy atom. The third-order valence-electron chi connectivity index (χ3n) is 6.75. The topological polar surface area (TPSA) is 125 Å². The van der Waals surface area contributed by atoms with Crippen LogP contribution in [0.3, 0.4) is 0 Å². The summed E-state index contributed by atoms with van der Waals surface area (Å²) in [6.45, 7) is 7.30. The van der Waals surface area contributed by atoms with E-state index in [2.05, 4.69) is 10.6 Å². The molecule has 0 spiro atoms. The van der Waals surface area contributed by atoms with Crippen molar-refractivity contribution in [3.05, 3.63) is 71.8 Å². The van der Waals surface area contributed by atoms with E-state index in [9.17, 15) is 24.0 Å². The number of hydrogen-bond donors (Lipinski definition) is 2. The molecule has 1 saturated heterocycles. The summed E-state index contributed by atoms with van der Waals surface area (Å²) in [6, 6.07) is 17.2. The molecule has 3 atom stereocenters. The molecule has 4 amide bonds. The SMILES string of the molecule is CC(C)OC(=O)C(=O)[C@H](Cc1ccccc1)C(=O)N[C@H]1CSCN1C(=O)[C@@H](NC(=O)N(C)Cc1ccccc1)C(C)C. The maximum Gasteiger partial charge on any atom is 0.375 e. The lowest BCUT2D eigenvalue weighted by molar-refractivity contribution is -0.160. The molecule has 0 unspecified atom stereocenters. The summed E-state index contributed by atoms with van der Waals surface area (Å²) >= 11 is 1.45. The van der Waals surface area contributed by atoms with E-state index >= 15 is 0 Å². The monoisotopic (exact) mass is 596 g/mol. The minimum Gasteiger partial charge on any atom is -0.457 e. The van der Waals surface area contributed by atoms with Crippen LogP contribution >= 0.6 is 11.8 Å². The number of nitrogens with zero attached hydrogens (tertiary/aromatic N) is 2. The minimum absolute atomic E-state index is 0.00490. The molecule has 0 radical (unpaired) electrons. The van der Waals surface area contributed by atoms with Gasteiger partial charge in [0.2, 0.25) is 11.8 Å². The molecule has 0 saturated carbocycles. The first-order chi connectivity index (χ1) is 20.0. The highest BCUT2D eigenvalue weighted by molar-refractivity contribution is 7.99. The van der Waals surface area contributed by atoms with Gasteiger partial charge in [-0.15, -0.1) is 11.8 Å². The standard InChI is InChI=1S/C31H40N4O6S/c1-20(2)26(33-31(40)34(5)17-23-14-10-7-11-15-23)29(38)35-19-42-18-25(35)32-28(37)24(16-22-12-8-6-9-13-22)27(36)30(39)41-21(3)4/h6-15,20-21,24-26H,16-19H2,1-5H3,(H,32,37)(H,33,40)/t24-,25+,26-/m0/s1. The van der Waals surface area contributed by atoms with Gasteiger partial charge in [0, 0.05) is 19.3 Å². The zero-order valence-electron chi connectivity index (χ0n) is 24.7. The molecule has 3 rings (SSSR count). The molecule has 1 aliphatic heterocycles. The van der Waals surface area contributed by atoms with Crippen LogP contribution in [0.1, 0.15) is 38.8 Å². The van der Waals surface area contributed by atoms with Gasteiger partial charge in [0.1, 0.15) is 18.1 Å². The predicted molar refractivity (Wildman–Crippen MR) is 161 cm³/mol. The van der Waals surface area contributed by atoms with Crippen molar-refractivity contribution in [1.82, 2.24) is 20.4 Å². The normalized spacial score (nSPS) is 16.1. The Morgan fingerprint density at radius 1 is 0.952 bits per heavy atom. The number of thioether (sulfide) groups is 1. The van der Waals surface area contributed by atoms with Gasteiger partial charge in [0.05, 0.1) is 12.0 Å². The molecule has 0 bridgehead atoms. The number of nitrogens with one attached hydrogen (secondary N) is 2. The van der Waals surface area contributed by atoms with Gasteiger partial charge in [-0.2, -0.15) is 0 Å². The van der Waals surface area contributed by atoms with E-state index in [-0.39, 0.29) is 18.2 Å². The molecule has 1 aliphatic rings. The van der Waals surface area contributed by atoms with E-state index in [4.69, 9.17) is 4.74 Å². The second-order valence-electron chi connectivity index (χ2n) is 10.9. The number of rotatable bonds is 12. The van der Waals surface area contributed by atoms with Gasteiger partial charge < -0.3 is 25.2 Å². The van der Waals surface area contributed by atoms with E-state index in [0.29, 0.717) is 23.7 Å². The number of ketones is 1. The van der Waals surface area contributed by atoms with Crippen LogP contribution < -0.4 is 10.6 Å². The Hall–Kier alpha value is -3.86. The number of urea groups is 1. The van der Waals surface area contributed by atoms with Crippen LogP contribution in [0, 0.1) is 11.8 Å². The summed E-state index contributed by atoms with van der Waals surface area (Å²) < 4.78 is 5.08. The molecular formula is C31H40N4O6S. The number of Topliss-reactive ketones (excluding diaryl/α,β-unsaturated/α-hetero) is 1. The van der Waals surface area contributed by atoms with Crippen molar-refractivity contribution < 1.29 is 28.7 Å². The maximum absolute atomic E-state index is 13.7. The lowest BCUT2D eigenvalue weighted by atomic mass is 9.94. The molecule has 2 aromatic carbocycles. The maximum atomic E-state index is 13.7. The summed E-state index contributed by atoms with van der Waals surface area (Å²) in [4.78, 5) is 68.7. The third kappa shape index (κ3) is 9.07. The molecule has 11 heteroatoms. The van der Waals surface area contributed by atoms with Crippen LogP contribution in [0.4, 0.5) is 4.79 Å². The van der Waals surface area contributed by atoms with E-state index in [1.54, 1.807) is 45.2 Å². The Labute approximate surface area is 251 Å². The minimum atomic E-state index is -1.33. The molecule has 42 heavy (non-hydrogen) atoms. The highest BCUT2D eigenvalue weighted by Crippen LogP contribution is 2.23. The number of carbonyl (C=O) groups excluding carboxylic acids is 5. The van der Waals surface area contributed by atoms with Crippen LogP contribution in [0.2, 0.25) is 0 Å². The summed E-state index contributed by atoms with van der Waals surface area (Å²) in [5, 5.41) is 5.67. The largest absolute Gasteiger partial charge is 0.457 e. The van der Waals surface area contributed by atoms with E-state index < -0.39 is 47.9 Å². The zero-order valence-corrected chi connectivity index (χ0v) is 25.6. The van der Waals surface area contributed by atoms with Gasteiger partial charge in [0.25, 0.3) is 5.78 Å². The predicted octanol–water partition coefficient (Wildman–Crippen LogP) is 3.21. The number of hydrogen-bond acceptors (Lipinski definition) is 7. The Kier molecular flexibility index (Phi) is 12.0. The first-order valence-electron chi connectivity index (χ1n) is 14.0. The van der Waals surface area contributed by atoms with Gasteiger partial charge in [-0.25, -0.2) is 9.59 Å². The van der Waals surface area contributed by atoms with Gasteiger partial charge in [-0.1, -0.05) is 74.5 Å². The highest BCUT2D eigenvalue weighted by Gasteiger charge is 2.40. The van der Waals surface area contributed by atoms with Gasteiger partial charge >= 0.3 is 12.0 Å². The Morgan fingerprint density at radius 2 is 1.55 bits per heavy atom. The molecule has 10 nitrogen and oxygen atoms in total. The van der Waals surface area contributed by atoms with E-state index in [0.717, 1.165) is 5.56 Å². The molecule has 0 aromatic heterocycles. The lowest BCUT2D eigenvalue weighted by Crippen LogP contribution is -2.58. The zero-order chi connectivity index (χ0) is 30.8. The first-order valence-corrected chi connectivity index (χ1v) is 15.2. The van der Waals surface area contributed by atoms with Crippen molar-refractivity contribution in [2.75, 3.05) is 18.7 Å². The lowest BCUT2D eigenvalue weighted by Gasteiger charge is -2.32. The fraction of sp³-hybridized carbons (Fsp3) is 0.452. The van der Waals surface area contributed by atoms with E-state index in [1.165, 1.54) is 21.6 Å². The van der Waals surface area contributed by atoms with Crippen LogP contribution in [0.15, 0.2) is 60.7 Å². The third-order valence-corrected chi connectivity index (χ3v) is 7.77. The van der Waals surface area contributed by atoms with Crippen LogP contribution in [0.5, 0.6) is 0 Å². The van der Waals surface area contributed by atoms with Crippen LogP contribution in [0.25, 0.3) is 0 Å². The number of carbonyl (C=O) groups is 5. The average molecular weight is 597 g/mol. The average Bonchev–Trinajstić information content (AvgIpc) is 3.42. The van der Waals surface area contributed by atoms with Crippen molar-refractivity contribution in [3.8, 4) is 0 Å². The Balaban J connectivity index is 1.72.